The summed E-state index contributed by atoms with van der Waals surface area (Å²) in [5.41, 5.74) is 1.62. The highest BCUT2D eigenvalue weighted by Crippen LogP contribution is 2.26. The van der Waals surface area contributed by atoms with E-state index in [2.05, 4.69) is 43.0 Å². The maximum absolute atomic E-state index is 3.83. The Morgan fingerprint density at radius 2 is 1.71 bits per heavy atom. The van der Waals surface area contributed by atoms with Crippen LogP contribution in [-0.4, -0.2) is 0 Å². The predicted octanol–water partition coefficient (Wildman–Crippen LogP) is 5.63. The number of halogens is 1. The first-order chi connectivity index (χ1) is 6.76. The van der Waals surface area contributed by atoms with Crippen molar-refractivity contribution in [3.8, 4) is 0 Å². The minimum Gasteiger partial charge on any atom is -0.103 e. The Bertz CT molecular complexity index is 180. The molecule has 14 heavy (non-hydrogen) atoms. The van der Waals surface area contributed by atoms with Gasteiger partial charge in [-0.3, -0.25) is 0 Å². The Morgan fingerprint density at radius 3 is 2.21 bits per heavy atom. The molecule has 0 bridgehead atoms. The first-order valence-electron chi connectivity index (χ1n) is 5.73. The van der Waals surface area contributed by atoms with E-state index >= 15 is 0 Å². The van der Waals surface area contributed by atoms with Crippen molar-refractivity contribution in [1.29, 1.82) is 0 Å². The Kier molecular flexibility index (Phi) is 9.90. The third kappa shape index (κ3) is 6.63. The lowest BCUT2D eigenvalue weighted by Gasteiger charge is -2.08. The molecule has 0 aliphatic heterocycles. The first kappa shape index (κ1) is 14.2. The first-order valence-corrected chi connectivity index (χ1v) is 6.81. The summed E-state index contributed by atoms with van der Waals surface area (Å²) in [6, 6.07) is 0. The van der Waals surface area contributed by atoms with Crippen LogP contribution in [0.2, 0.25) is 0 Å². The van der Waals surface area contributed by atoms with Crippen LogP contribution >= 0.6 is 22.6 Å². The molecule has 0 nitrogen and oxygen atoms in total. The smallest absolute Gasteiger partial charge is 0.00989 e. The zero-order chi connectivity index (χ0) is 10.8. The van der Waals surface area contributed by atoms with Crippen molar-refractivity contribution in [2.75, 3.05) is 0 Å². The molecule has 0 spiro atoms. The molecule has 0 aliphatic rings. The van der Waals surface area contributed by atoms with Crippen LogP contribution in [0.25, 0.3) is 0 Å². The number of rotatable bonds is 8. The fraction of sp³-hybridized carbons (Fsp3) is 0.692. The van der Waals surface area contributed by atoms with Gasteiger partial charge in [-0.15, -0.1) is 6.58 Å². The molecule has 0 aromatic rings. The van der Waals surface area contributed by atoms with Crippen molar-refractivity contribution in [3.63, 3.8) is 0 Å². The molecule has 0 rings (SSSR count). The molecule has 0 fully saturated rings. The number of hydrogen-bond donors (Lipinski definition) is 0. The zero-order valence-corrected chi connectivity index (χ0v) is 11.8. The van der Waals surface area contributed by atoms with Crippen LogP contribution in [0.3, 0.4) is 0 Å². The highest BCUT2D eigenvalue weighted by molar-refractivity contribution is 14.1. The summed E-state index contributed by atoms with van der Waals surface area (Å²) < 4.78 is 1.58. The van der Waals surface area contributed by atoms with E-state index in [9.17, 15) is 0 Å². The van der Waals surface area contributed by atoms with Gasteiger partial charge in [-0.25, -0.2) is 0 Å². The van der Waals surface area contributed by atoms with Crippen molar-refractivity contribution in [2.45, 2.75) is 58.8 Å². The molecule has 0 saturated heterocycles. The van der Waals surface area contributed by atoms with Gasteiger partial charge in [-0.1, -0.05) is 38.3 Å². The lowest BCUT2D eigenvalue weighted by molar-refractivity contribution is 0.755. The molecular formula is C13H23I. The molecule has 0 N–H and O–H groups in total. The molecule has 0 unspecified atom stereocenters. The standard InChI is InChI=1S/C13H23I/c1-4-7-10-12(9-6-3)13(14)11-8-5-2/h6H,3-5,7-11H2,1-2H3/b13-12-. The third-order valence-electron chi connectivity index (χ3n) is 2.36. The second kappa shape index (κ2) is 9.75. The number of unbranched alkanes of at least 4 members (excludes halogenated alkanes) is 2. The van der Waals surface area contributed by atoms with E-state index < -0.39 is 0 Å². The molecule has 0 heterocycles. The minimum atomic E-state index is 1.09. The van der Waals surface area contributed by atoms with Gasteiger partial charge in [-0.2, -0.15) is 0 Å². The quantitative estimate of drug-likeness (QED) is 0.402. The second-order valence-corrected chi connectivity index (χ2v) is 5.01. The predicted molar refractivity (Wildman–Crippen MR) is 74.9 cm³/mol. The molecule has 82 valence electrons. The summed E-state index contributed by atoms with van der Waals surface area (Å²) in [6.45, 7) is 8.34. The van der Waals surface area contributed by atoms with E-state index in [-0.39, 0.29) is 0 Å². The van der Waals surface area contributed by atoms with E-state index in [0.29, 0.717) is 0 Å². The van der Waals surface area contributed by atoms with Crippen LogP contribution in [0.1, 0.15) is 58.8 Å². The van der Waals surface area contributed by atoms with Gasteiger partial charge in [-0.05, 0) is 58.3 Å². The van der Waals surface area contributed by atoms with E-state index in [4.69, 9.17) is 0 Å². The van der Waals surface area contributed by atoms with Gasteiger partial charge in [0, 0.05) is 0 Å². The van der Waals surface area contributed by atoms with E-state index in [1.807, 2.05) is 6.08 Å². The fourth-order valence-electron chi connectivity index (χ4n) is 1.42. The summed E-state index contributed by atoms with van der Waals surface area (Å²) in [4.78, 5) is 0. The van der Waals surface area contributed by atoms with E-state index in [1.165, 1.54) is 38.5 Å². The normalized spacial score (nSPS) is 12.5. The van der Waals surface area contributed by atoms with Gasteiger partial charge < -0.3 is 0 Å². The molecule has 0 aliphatic carbocycles. The summed E-state index contributed by atoms with van der Waals surface area (Å²) in [7, 11) is 0. The fourth-order valence-corrected chi connectivity index (χ4v) is 2.29. The van der Waals surface area contributed by atoms with Crippen LogP contribution in [0, 0.1) is 0 Å². The number of hydrogen-bond acceptors (Lipinski definition) is 0. The largest absolute Gasteiger partial charge is 0.103 e. The average molecular weight is 306 g/mol. The highest BCUT2D eigenvalue weighted by atomic mass is 127. The Hall–Kier alpha value is 0.210. The van der Waals surface area contributed by atoms with Gasteiger partial charge in [0.05, 0.1) is 0 Å². The summed E-state index contributed by atoms with van der Waals surface area (Å²) in [5.74, 6) is 0. The molecular weight excluding hydrogens is 283 g/mol. The molecule has 0 atom stereocenters. The van der Waals surface area contributed by atoms with Crippen molar-refractivity contribution in [1.82, 2.24) is 0 Å². The Balaban J connectivity index is 4.16. The molecule has 0 amide bonds. The van der Waals surface area contributed by atoms with Crippen molar-refractivity contribution >= 4 is 22.6 Å². The van der Waals surface area contributed by atoms with Gasteiger partial charge in [0.25, 0.3) is 0 Å². The molecule has 0 aromatic carbocycles. The van der Waals surface area contributed by atoms with Crippen LogP contribution in [0.15, 0.2) is 21.8 Å². The Labute approximate surface area is 103 Å². The maximum atomic E-state index is 3.83. The van der Waals surface area contributed by atoms with Crippen molar-refractivity contribution in [3.05, 3.63) is 21.8 Å². The topological polar surface area (TPSA) is 0 Å². The van der Waals surface area contributed by atoms with Gasteiger partial charge in [0.2, 0.25) is 0 Å². The molecule has 1 heteroatoms. The van der Waals surface area contributed by atoms with Crippen LogP contribution in [-0.2, 0) is 0 Å². The Morgan fingerprint density at radius 1 is 1.14 bits per heavy atom. The molecule has 0 saturated carbocycles. The average Bonchev–Trinajstić information content (AvgIpc) is 2.20. The highest BCUT2D eigenvalue weighted by Gasteiger charge is 2.02. The van der Waals surface area contributed by atoms with Gasteiger partial charge in [0.15, 0.2) is 0 Å². The third-order valence-corrected chi connectivity index (χ3v) is 3.66. The minimum absolute atomic E-state index is 1.09. The lowest BCUT2D eigenvalue weighted by Crippen LogP contribution is -1.87. The second-order valence-electron chi connectivity index (χ2n) is 3.71. The molecule has 0 aromatic heterocycles. The van der Waals surface area contributed by atoms with Gasteiger partial charge >= 0.3 is 0 Å². The van der Waals surface area contributed by atoms with E-state index in [0.717, 1.165) is 6.42 Å². The lowest BCUT2D eigenvalue weighted by atomic mass is 10.0. The number of allylic oxidation sites excluding steroid dienone is 3. The van der Waals surface area contributed by atoms with Crippen LogP contribution < -0.4 is 0 Å². The zero-order valence-electron chi connectivity index (χ0n) is 9.61. The summed E-state index contributed by atoms with van der Waals surface area (Å²) >= 11 is 2.52. The maximum Gasteiger partial charge on any atom is -0.00989 e. The van der Waals surface area contributed by atoms with Crippen LogP contribution in [0.4, 0.5) is 0 Å². The summed E-state index contributed by atoms with van der Waals surface area (Å²) in [5, 5.41) is 0. The SMILES string of the molecule is C=CC/C(CCCC)=C(/I)CCCC. The van der Waals surface area contributed by atoms with Crippen molar-refractivity contribution < 1.29 is 0 Å². The summed E-state index contributed by atoms with van der Waals surface area (Å²) in [6.07, 6.45) is 10.9. The molecule has 0 radical (unpaired) electrons. The van der Waals surface area contributed by atoms with E-state index in [1.54, 1.807) is 9.15 Å². The monoisotopic (exact) mass is 306 g/mol. The van der Waals surface area contributed by atoms with Crippen LogP contribution in [0.5, 0.6) is 0 Å². The van der Waals surface area contributed by atoms with Gasteiger partial charge in [0.1, 0.15) is 0 Å². The van der Waals surface area contributed by atoms with Crippen molar-refractivity contribution in [2.24, 2.45) is 0 Å².